The molecule has 1 aliphatic carbocycles. The molecule has 0 amide bonds. The second kappa shape index (κ2) is 6.81. The van der Waals surface area contributed by atoms with Gasteiger partial charge in [-0.15, -0.1) is 0 Å². The number of nitrogens with one attached hydrogen (secondary N) is 1. The highest BCUT2D eigenvalue weighted by Crippen LogP contribution is 2.41. The average Bonchev–Trinajstić information content (AvgIpc) is 3.17. The molecule has 0 spiro atoms. The van der Waals surface area contributed by atoms with Crippen molar-refractivity contribution in [3.8, 4) is 0 Å². The Morgan fingerprint density at radius 3 is 2.60 bits per heavy atom. The highest BCUT2D eigenvalue weighted by Gasteiger charge is 2.44. The van der Waals surface area contributed by atoms with Crippen LogP contribution in [0, 0.1) is 11.8 Å². The first-order valence-electron chi connectivity index (χ1n) is 9.22. The molecule has 3 atom stereocenters. The summed E-state index contributed by atoms with van der Waals surface area (Å²) in [6.45, 7) is 3.60. The van der Waals surface area contributed by atoms with Crippen molar-refractivity contribution in [1.82, 2.24) is 19.2 Å². The Morgan fingerprint density at radius 2 is 1.92 bits per heavy atom. The van der Waals surface area contributed by atoms with Crippen LogP contribution in [0.2, 0.25) is 0 Å². The summed E-state index contributed by atoms with van der Waals surface area (Å²) in [4.78, 5) is 11.1. The van der Waals surface area contributed by atoms with Crippen LogP contribution in [-0.4, -0.2) is 72.1 Å². The molecule has 7 nitrogen and oxygen atoms in total. The number of anilines is 1. The van der Waals surface area contributed by atoms with Crippen molar-refractivity contribution in [2.75, 3.05) is 37.8 Å². The molecule has 138 valence electrons. The van der Waals surface area contributed by atoms with Crippen LogP contribution < -0.4 is 5.32 Å². The van der Waals surface area contributed by atoms with Crippen molar-refractivity contribution < 1.29 is 8.42 Å². The van der Waals surface area contributed by atoms with Gasteiger partial charge in [-0.25, -0.2) is 17.7 Å². The van der Waals surface area contributed by atoms with E-state index in [-0.39, 0.29) is 0 Å². The second-order valence-electron chi connectivity index (χ2n) is 7.69. The van der Waals surface area contributed by atoms with Crippen LogP contribution in [0.4, 0.5) is 5.82 Å². The Labute approximate surface area is 149 Å². The third-order valence-corrected chi connectivity index (χ3v) is 7.49. The number of likely N-dealkylation sites (tertiary alicyclic amines) is 1. The van der Waals surface area contributed by atoms with E-state index >= 15 is 0 Å². The first-order chi connectivity index (χ1) is 12.0. The molecule has 0 aromatic carbocycles. The molecule has 2 saturated heterocycles. The van der Waals surface area contributed by atoms with E-state index in [2.05, 4.69) is 20.2 Å². The summed E-state index contributed by atoms with van der Waals surface area (Å²) in [7, 11) is -3.04. The monoisotopic (exact) mass is 365 g/mol. The van der Waals surface area contributed by atoms with Crippen molar-refractivity contribution in [2.45, 2.75) is 37.8 Å². The molecule has 1 aromatic heterocycles. The number of piperidine rings is 1. The van der Waals surface area contributed by atoms with Gasteiger partial charge in [-0.1, -0.05) is 0 Å². The highest BCUT2D eigenvalue weighted by molar-refractivity contribution is 7.88. The number of sulfonamides is 1. The van der Waals surface area contributed by atoms with E-state index in [1.807, 2.05) is 0 Å². The standard InChI is InChI=1S/C17H27N5O2S/c1-25(23,24)22-8-4-14(5-9-22)21-11-13-2-3-16(15(13)12-21)20-17-10-18-6-7-19-17/h6-7,10,13-16H,2-5,8-9,11-12H2,1H3,(H,19,20)/t13-,15+,16+/m0/s1. The predicted molar refractivity (Wildman–Crippen MR) is 96.7 cm³/mol. The van der Waals surface area contributed by atoms with Crippen LogP contribution in [0.15, 0.2) is 18.6 Å². The summed E-state index contributed by atoms with van der Waals surface area (Å²) in [6, 6.07) is 1.00. The van der Waals surface area contributed by atoms with Gasteiger partial charge in [0.05, 0.1) is 12.5 Å². The van der Waals surface area contributed by atoms with Crippen LogP contribution >= 0.6 is 0 Å². The summed E-state index contributed by atoms with van der Waals surface area (Å²) in [6.07, 6.45) is 10.9. The van der Waals surface area contributed by atoms with E-state index in [9.17, 15) is 8.42 Å². The SMILES string of the molecule is CS(=O)(=O)N1CCC(N2C[C@@H]3CC[C@@H](Nc4cnccn4)[C@@H]3C2)CC1. The summed E-state index contributed by atoms with van der Waals surface area (Å²) in [5.74, 6) is 2.28. The van der Waals surface area contributed by atoms with Crippen molar-refractivity contribution in [2.24, 2.45) is 11.8 Å². The zero-order chi connectivity index (χ0) is 17.4. The molecule has 1 aromatic rings. The number of hydrogen-bond donors (Lipinski definition) is 1. The van der Waals surface area contributed by atoms with E-state index in [4.69, 9.17) is 0 Å². The smallest absolute Gasteiger partial charge is 0.211 e. The Bertz CT molecular complexity index is 690. The minimum absolute atomic E-state index is 0.475. The van der Waals surface area contributed by atoms with E-state index in [1.54, 1.807) is 22.9 Å². The molecule has 3 aliphatic rings. The van der Waals surface area contributed by atoms with Gasteiger partial charge in [-0.2, -0.15) is 0 Å². The molecule has 8 heteroatoms. The molecule has 4 rings (SSSR count). The largest absolute Gasteiger partial charge is 0.366 e. The molecule has 1 saturated carbocycles. The van der Waals surface area contributed by atoms with Crippen molar-refractivity contribution in [3.63, 3.8) is 0 Å². The van der Waals surface area contributed by atoms with Gasteiger partial charge in [0.25, 0.3) is 0 Å². The lowest BCUT2D eigenvalue weighted by atomic mass is 9.98. The molecule has 25 heavy (non-hydrogen) atoms. The second-order valence-corrected chi connectivity index (χ2v) is 9.67. The normalized spacial score (nSPS) is 32.0. The summed E-state index contributed by atoms with van der Waals surface area (Å²) in [5.41, 5.74) is 0. The lowest BCUT2D eigenvalue weighted by Gasteiger charge is -2.36. The van der Waals surface area contributed by atoms with Crippen LogP contribution in [0.25, 0.3) is 0 Å². The summed E-state index contributed by atoms with van der Waals surface area (Å²) in [5, 5.41) is 3.57. The third kappa shape index (κ3) is 3.66. The van der Waals surface area contributed by atoms with Gasteiger partial charge in [-0.05, 0) is 37.5 Å². The number of hydrogen-bond acceptors (Lipinski definition) is 6. The molecule has 2 aliphatic heterocycles. The fraction of sp³-hybridized carbons (Fsp3) is 0.765. The van der Waals surface area contributed by atoms with Gasteiger partial charge in [0.15, 0.2) is 0 Å². The molecular weight excluding hydrogens is 338 g/mol. The van der Waals surface area contributed by atoms with Crippen LogP contribution in [0.5, 0.6) is 0 Å². The molecule has 3 fully saturated rings. The fourth-order valence-corrected chi connectivity index (χ4v) is 5.75. The van der Waals surface area contributed by atoms with Crippen LogP contribution in [0.1, 0.15) is 25.7 Å². The fourth-order valence-electron chi connectivity index (χ4n) is 4.88. The van der Waals surface area contributed by atoms with Gasteiger partial charge in [0.1, 0.15) is 5.82 Å². The van der Waals surface area contributed by atoms with Gasteiger partial charge >= 0.3 is 0 Å². The Balaban J connectivity index is 1.34. The third-order valence-electron chi connectivity index (χ3n) is 6.19. The van der Waals surface area contributed by atoms with Crippen molar-refractivity contribution in [1.29, 1.82) is 0 Å². The van der Waals surface area contributed by atoms with Crippen molar-refractivity contribution >= 4 is 15.8 Å². The van der Waals surface area contributed by atoms with E-state index in [1.165, 1.54) is 19.1 Å². The topological polar surface area (TPSA) is 78.4 Å². The summed E-state index contributed by atoms with van der Waals surface area (Å²) < 4.78 is 25.0. The van der Waals surface area contributed by atoms with Gasteiger partial charge in [0.2, 0.25) is 10.0 Å². The predicted octanol–water partition coefficient (Wildman–Crippen LogP) is 1.02. The first kappa shape index (κ1) is 17.2. The molecule has 1 N–H and O–H groups in total. The minimum Gasteiger partial charge on any atom is -0.366 e. The molecule has 3 heterocycles. The Hall–Kier alpha value is -1.25. The number of aromatic nitrogens is 2. The maximum absolute atomic E-state index is 11.7. The zero-order valence-corrected chi connectivity index (χ0v) is 15.5. The van der Waals surface area contributed by atoms with Gasteiger partial charge < -0.3 is 5.32 Å². The Kier molecular flexibility index (Phi) is 4.68. The minimum atomic E-state index is -3.04. The first-order valence-corrected chi connectivity index (χ1v) is 11.1. The van der Waals surface area contributed by atoms with Gasteiger partial charge in [-0.3, -0.25) is 9.88 Å². The number of nitrogens with zero attached hydrogens (tertiary/aromatic N) is 4. The number of rotatable bonds is 4. The van der Waals surface area contributed by atoms with E-state index in [0.29, 0.717) is 31.1 Å². The maximum Gasteiger partial charge on any atom is 0.211 e. The average molecular weight is 366 g/mol. The highest BCUT2D eigenvalue weighted by atomic mass is 32.2. The number of fused-ring (bicyclic) bond motifs is 1. The van der Waals surface area contributed by atoms with E-state index < -0.39 is 10.0 Å². The Morgan fingerprint density at radius 1 is 1.12 bits per heavy atom. The summed E-state index contributed by atoms with van der Waals surface area (Å²) >= 11 is 0. The maximum atomic E-state index is 11.7. The van der Waals surface area contributed by atoms with Crippen molar-refractivity contribution in [3.05, 3.63) is 18.6 Å². The quantitative estimate of drug-likeness (QED) is 0.858. The van der Waals surface area contributed by atoms with E-state index in [0.717, 1.165) is 37.7 Å². The molecule has 0 bridgehead atoms. The zero-order valence-electron chi connectivity index (χ0n) is 14.7. The molecule has 0 radical (unpaired) electrons. The van der Waals surface area contributed by atoms with Crippen LogP contribution in [0.3, 0.4) is 0 Å². The molecule has 0 unspecified atom stereocenters. The van der Waals surface area contributed by atoms with Crippen LogP contribution in [-0.2, 0) is 10.0 Å². The lowest BCUT2D eigenvalue weighted by molar-refractivity contribution is 0.157. The molecular formula is C17H27N5O2S. The van der Waals surface area contributed by atoms with Gasteiger partial charge in [0, 0.05) is 50.7 Å². The lowest BCUT2D eigenvalue weighted by Crippen LogP contribution is -2.46.